The topological polar surface area (TPSA) is 114 Å². The fourth-order valence-electron chi connectivity index (χ4n) is 1.74. The van der Waals surface area contributed by atoms with Crippen LogP contribution in [-0.4, -0.2) is 47.0 Å². The Morgan fingerprint density at radius 1 is 1.43 bits per heavy atom. The van der Waals surface area contributed by atoms with E-state index in [2.05, 4.69) is 5.32 Å². The number of carbonyl (C=O) groups excluding carboxylic acids is 2. The van der Waals surface area contributed by atoms with Gasteiger partial charge in [0.05, 0.1) is 12.5 Å². The van der Waals surface area contributed by atoms with Crippen LogP contribution in [0.15, 0.2) is 0 Å². The third-order valence-electron chi connectivity index (χ3n) is 2.79. The van der Waals surface area contributed by atoms with Gasteiger partial charge in [0.15, 0.2) is 6.10 Å². The van der Waals surface area contributed by atoms with Crippen molar-refractivity contribution in [3.63, 3.8) is 0 Å². The Labute approximate surface area is 124 Å². The molecule has 0 bridgehead atoms. The van der Waals surface area contributed by atoms with E-state index in [1.165, 1.54) is 0 Å². The molecular formula is C12H23NO7P+. The second kappa shape index (κ2) is 6.98. The number of ether oxygens (including phenoxy) is 1. The molecule has 0 aromatic heterocycles. The normalized spacial score (nSPS) is 23.7. The van der Waals surface area contributed by atoms with Crippen LogP contribution in [0.2, 0.25) is 0 Å². The van der Waals surface area contributed by atoms with Crippen LogP contribution < -0.4 is 5.32 Å². The van der Waals surface area contributed by atoms with Gasteiger partial charge in [0.2, 0.25) is 0 Å². The van der Waals surface area contributed by atoms with Gasteiger partial charge in [-0.15, -0.1) is 4.52 Å². The zero-order chi connectivity index (χ0) is 16.3. The van der Waals surface area contributed by atoms with Crippen molar-refractivity contribution < 1.29 is 33.2 Å². The first-order valence-corrected chi connectivity index (χ1v) is 8.21. The van der Waals surface area contributed by atoms with E-state index in [1.807, 2.05) is 0 Å². The molecule has 9 heteroatoms. The SMILES string of the molecule is CC(C)OC(=O)CCNC(=O)[C@@H]1O[P+](O)(O)OCC1(C)C. The van der Waals surface area contributed by atoms with Gasteiger partial charge < -0.3 is 10.1 Å². The second-order valence-corrected chi connectivity index (χ2v) is 7.27. The van der Waals surface area contributed by atoms with Gasteiger partial charge in [0, 0.05) is 12.0 Å². The van der Waals surface area contributed by atoms with Gasteiger partial charge >= 0.3 is 14.1 Å². The van der Waals surface area contributed by atoms with Crippen molar-refractivity contribution in [1.82, 2.24) is 5.32 Å². The van der Waals surface area contributed by atoms with Crippen molar-refractivity contribution in [3.8, 4) is 0 Å². The Bertz CT molecular complexity index is 397. The van der Waals surface area contributed by atoms with E-state index in [4.69, 9.17) is 13.8 Å². The molecule has 1 fully saturated rings. The smallest absolute Gasteiger partial charge is 0.463 e. The maximum atomic E-state index is 12.1. The van der Waals surface area contributed by atoms with Crippen LogP contribution >= 0.6 is 8.17 Å². The van der Waals surface area contributed by atoms with E-state index in [1.54, 1.807) is 27.7 Å². The van der Waals surface area contributed by atoms with Gasteiger partial charge in [-0.05, 0) is 13.8 Å². The Hall–Kier alpha value is -0.790. The number of esters is 1. The maximum absolute atomic E-state index is 12.1. The van der Waals surface area contributed by atoms with E-state index in [-0.39, 0.29) is 25.7 Å². The molecule has 1 saturated heterocycles. The summed E-state index contributed by atoms with van der Waals surface area (Å²) in [5, 5.41) is 2.53. The molecule has 0 aliphatic carbocycles. The van der Waals surface area contributed by atoms with Crippen LogP contribution in [0.5, 0.6) is 0 Å². The summed E-state index contributed by atoms with van der Waals surface area (Å²) in [6, 6.07) is 0. The molecule has 122 valence electrons. The third kappa shape index (κ3) is 5.84. The first-order valence-electron chi connectivity index (χ1n) is 6.68. The minimum atomic E-state index is -3.95. The standard InChI is InChI=1S/C12H22NO7P/c1-8(2)19-9(14)5-6-13-11(15)10-12(3,4)7-18-21(16,17)20-10/h8,10,16-17H,5-7H2,1-4H3/p+1/t10-/m0/s1. The van der Waals surface area contributed by atoms with E-state index in [0.29, 0.717) is 0 Å². The fourth-order valence-corrected chi connectivity index (χ4v) is 2.96. The number of carbonyl (C=O) groups is 2. The van der Waals surface area contributed by atoms with Gasteiger partial charge in [0.25, 0.3) is 5.91 Å². The van der Waals surface area contributed by atoms with Crippen molar-refractivity contribution in [1.29, 1.82) is 0 Å². The molecule has 1 atom stereocenters. The Balaban J connectivity index is 2.48. The van der Waals surface area contributed by atoms with Crippen molar-refractivity contribution in [3.05, 3.63) is 0 Å². The number of hydrogen-bond donors (Lipinski definition) is 3. The monoisotopic (exact) mass is 324 g/mol. The van der Waals surface area contributed by atoms with Crippen LogP contribution in [0, 0.1) is 5.41 Å². The lowest BCUT2D eigenvalue weighted by Gasteiger charge is -2.34. The first kappa shape index (κ1) is 18.3. The molecule has 1 aliphatic rings. The molecule has 0 saturated carbocycles. The summed E-state index contributed by atoms with van der Waals surface area (Å²) in [6.45, 7) is 6.97. The highest BCUT2D eigenvalue weighted by atomic mass is 31.2. The summed E-state index contributed by atoms with van der Waals surface area (Å²) in [7, 11) is -3.95. The molecule has 0 aromatic rings. The van der Waals surface area contributed by atoms with E-state index >= 15 is 0 Å². The van der Waals surface area contributed by atoms with Gasteiger partial charge in [0.1, 0.15) is 6.61 Å². The molecule has 1 heterocycles. The Morgan fingerprint density at radius 2 is 2.05 bits per heavy atom. The molecule has 0 radical (unpaired) electrons. The largest absolute Gasteiger partial charge is 0.570 e. The van der Waals surface area contributed by atoms with Crippen LogP contribution in [0.25, 0.3) is 0 Å². The molecule has 0 aromatic carbocycles. The average molecular weight is 324 g/mol. The minimum Gasteiger partial charge on any atom is -0.463 e. The van der Waals surface area contributed by atoms with E-state index in [9.17, 15) is 19.4 Å². The van der Waals surface area contributed by atoms with Gasteiger partial charge in [-0.3, -0.25) is 9.59 Å². The predicted molar refractivity (Wildman–Crippen MR) is 74.8 cm³/mol. The maximum Gasteiger partial charge on any atom is 0.570 e. The summed E-state index contributed by atoms with van der Waals surface area (Å²) in [5.74, 6) is -0.934. The molecule has 21 heavy (non-hydrogen) atoms. The fraction of sp³-hybridized carbons (Fsp3) is 0.833. The predicted octanol–water partition coefficient (Wildman–Crippen LogP) is 0.548. The lowest BCUT2D eigenvalue weighted by molar-refractivity contribution is -0.148. The molecule has 0 spiro atoms. The van der Waals surface area contributed by atoms with E-state index in [0.717, 1.165) is 0 Å². The highest BCUT2D eigenvalue weighted by molar-refractivity contribution is 7.54. The van der Waals surface area contributed by atoms with Crippen LogP contribution in [0.3, 0.4) is 0 Å². The summed E-state index contributed by atoms with van der Waals surface area (Å²) in [5.41, 5.74) is -0.711. The lowest BCUT2D eigenvalue weighted by Crippen LogP contribution is -2.50. The second-order valence-electron chi connectivity index (χ2n) is 5.82. The zero-order valence-electron chi connectivity index (χ0n) is 12.7. The first-order chi connectivity index (χ1) is 9.53. The van der Waals surface area contributed by atoms with Gasteiger partial charge in [-0.2, -0.15) is 14.3 Å². The van der Waals surface area contributed by atoms with Crippen LogP contribution in [0.4, 0.5) is 0 Å². The third-order valence-corrected chi connectivity index (χ3v) is 3.74. The minimum absolute atomic E-state index is 0.0126. The summed E-state index contributed by atoms with van der Waals surface area (Å²) < 4.78 is 14.7. The Morgan fingerprint density at radius 3 is 2.62 bits per heavy atom. The van der Waals surface area contributed by atoms with Gasteiger partial charge in [-0.25, -0.2) is 0 Å². The average Bonchev–Trinajstić information content (AvgIpc) is 2.31. The number of hydrogen-bond acceptors (Lipinski definition) is 7. The summed E-state index contributed by atoms with van der Waals surface area (Å²) in [4.78, 5) is 42.2. The highest BCUT2D eigenvalue weighted by Crippen LogP contribution is 2.59. The van der Waals surface area contributed by atoms with E-state index < -0.39 is 31.6 Å². The number of nitrogens with one attached hydrogen (secondary N) is 1. The zero-order valence-corrected chi connectivity index (χ0v) is 13.6. The molecule has 0 unspecified atom stereocenters. The quantitative estimate of drug-likeness (QED) is 0.500. The summed E-state index contributed by atoms with van der Waals surface area (Å²) >= 11 is 0. The molecule has 1 aliphatic heterocycles. The van der Waals surface area contributed by atoms with Crippen LogP contribution in [-0.2, 0) is 23.4 Å². The molecular weight excluding hydrogens is 301 g/mol. The lowest BCUT2D eigenvalue weighted by atomic mass is 9.87. The Kier molecular flexibility index (Phi) is 6.07. The van der Waals surface area contributed by atoms with Crippen molar-refractivity contribution >= 4 is 20.0 Å². The van der Waals surface area contributed by atoms with Crippen molar-refractivity contribution in [2.75, 3.05) is 13.2 Å². The number of amides is 1. The molecule has 1 amide bonds. The molecule has 1 rings (SSSR count). The van der Waals surface area contributed by atoms with Crippen molar-refractivity contribution in [2.24, 2.45) is 5.41 Å². The molecule has 8 nitrogen and oxygen atoms in total. The summed E-state index contributed by atoms with van der Waals surface area (Å²) in [6.07, 6.45) is -1.23. The van der Waals surface area contributed by atoms with Crippen molar-refractivity contribution in [2.45, 2.75) is 46.3 Å². The highest BCUT2D eigenvalue weighted by Gasteiger charge is 2.56. The van der Waals surface area contributed by atoms with Crippen LogP contribution in [0.1, 0.15) is 34.1 Å². The molecule has 3 N–H and O–H groups in total. The van der Waals surface area contributed by atoms with Gasteiger partial charge in [-0.1, -0.05) is 13.8 Å². The number of rotatable bonds is 5.